The molecule has 0 spiro atoms. The second-order valence-electron chi connectivity index (χ2n) is 6.89. The second-order valence-corrected chi connectivity index (χ2v) is 7.88. The van der Waals surface area contributed by atoms with Gasteiger partial charge in [0.05, 0.1) is 18.6 Å². The van der Waals surface area contributed by atoms with E-state index in [1.54, 1.807) is 7.11 Å². The summed E-state index contributed by atoms with van der Waals surface area (Å²) in [4.78, 5) is 12.2. The molecule has 0 aliphatic rings. The number of para-hydroxylation sites is 1. The van der Waals surface area contributed by atoms with Crippen molar-refractivity contribution >= 4 is 17.7 Å². The van der Waals surface area contributed by atoms with Crippen molar-refractivity contribution in [2.45, 2.75) is 32.3 Å². The molecule has 3 aromatic rings. The molecule has 150 valence electrons. The average Bonchev–Trinajstić information content (AvgIpc) is 2.74. The summed E-state index contributed by atoms with van der Waals surface area (Å²) in [6.45, 7) is 6.72. The third-order valence-corrected chi connectivity index (χ3v) is 5.70. The number of rotatable bonds is 7. The lowest BCUT2D eigenvalue weighted by atomic mass is 9.99. The van der Waals surface area contributed by atoms with E-state index in [-0.39, 0.29) is 11.7 Å². The van der Waals surface area contributed by atoms with Gasteiger partial charge in [0.1, 0.15) is 10.8 Å². The Labute approximate surface area is 175 Å². The average molecular weight is 408 g/mol. The minimum atomic E-state index is -0.0585. The molecule has 6 heteroatoms. The first-order valence-electron chi connectivity index (χ1n) is 9.41. The number of hydrogen-bond donors (Lipinski definition) is 1. The quantitative estimate of drug-likeness (QED) is 0.585. The fraction of sp³-hybridized carbons (Fsp3) is 0.261. The van der Waals surface area contributed by atoms with Gasteiger partial charge in [0, 0.05) is 17.7 Å². The minimum absolute atomic E-state index is 0.0585. The predicted octanol–water partition coefficient (Wildman–Crippen LogP) is 4.49. The fourth-order valence-electron chi connectivity index (χ4n) is 3.01. The summed E-state index contributed by atoms with van der Waals surface area (Å²) in [5.74, 6) is 0.992. The van der Waals surface area contributed by atoms with Crippen LogP contribution in [0.15, 0.2) is 53.6 Å². The van der Waals surface area contributed by atoms with Gasteiger partial charge in [0.25, 0.3) is 0 Å². The second kappa shape index (κ2) is 9.56. The number of aromatic nitrogens is 2. The van der Waals surface area contributed by atoms with Crippen LogP contribution in [0.4, 0.5) is 0 Å². The Morgan fingerprint density at radius 3 is 2.48 bits per heavy atom. The van der Waals surface area contributed by atoms with Gasteiger partial charge in [-0.15, -0.1) is 10.2 Å². The van der Waals surface area contributed by atoms with Crippen LogP contribution in [0.25, 0.3) is 11.3 Å². The zero-order chi connectivity index (χ0) is 20.8. The van der Waals surface area contributed by atoms with Crippen molar-refractivity contribution in [1.82, 2.24) is 15.5 Å². The highest BCUT2D eigenvalue weighted by Crippen LogP contribution is 2.25. The number of methoxy groups -OCH3 is 1. The number of amides is 1. The predicted molar refractivity (Wildman–Crippen MR) is 117 cm³/mol. The van der Waals surface area contributed by atoms with E-state index in [1.165, 1.54) is 28.5 Å². The van der Waals surface area contributed by atoms with Crippen LogP contribution in [0.2, 0.25) is 0 Å². The summed E-state index contributed by atoms with van der Waals surface area (Å²) < 4.78 is 5.30. The van der Waals surface area contributed by atoms with E-state index < -0.39 is 0 Å². The molecule has 0 atom stereocenters. The molecule has 0 fully saturated rings. The van der Waals surface area contributed by atoms with Crippen molar-refractivity contribution in [3.63, 3.8) is 0 Å². The Morgan fingerprint density at radius 1 is 1.00 bits per heavy atom. The maximum absolute atomic E-state index is 12.2. The fourth-order valence-corrected chi connectivity index (χ4v) is 3.65. The van der Waals surface area contributed by atoms with Crippen molar-refractivity contribution in [3.8, 4) is 17.0 Å². The molecule has 2 aromatic carbocycles. The topological polar surface area (TPSA) is 64.1 Å². The number of nitrogens with one attached hydrogen (secondary N) is 1. The summed E-state index contributed by atoms with van der Waals surface area (Å²) in [6.07, 6.45) is 0. The van der Waals surface area contributed by atoms with Crippen LogP contribution in [0.5, 0.6) is 5.75 Å². The number of hydrogen-bond acceptors (Lipinski definition) is 5. The van der Waals surface area contributed by atoms with E-state index in [0.717, 1.165) is 27.6 Å². The summed E-state index contributed by atoms with van der Waals surface area (Å²) >= 11 is 1.37. The van der Waals surface area contributed by atoms with Crippen LogP contribution in [0.3, 0.4) is 0 Å². The summed E-state index contributed by atoms with van der Waals surface area (Å²) in [7, 11) is 1.62. The van der Waals surface area contributed by atoms with Gasteiger partial charge in [-0.1, -0.05) is 36.0 Å². The van der Waals surface area contributed by atoms with Crippen molar-refractivity contribution < 1.29 is 9.53 Å². The van der Waals surface area contributed by atoms with Crippen LogP contribution in [-0.4, -0.2) is 29.0 Å². The lowest BCUT2D eigenvalue weighted by molar-refractivity contribution is -0.118. The zero-order valence-electron chi connectivity index (χ0n) is 17.2. The highest BCUT2D eigenvalue weighted by molar-refractivity contribution is 7.99. The molecule has 0 radical (unpaired) electrons. The van der Waals surface area contributed by atoms with Gasteiger partial charge in [-0.05, 0) is 61.7 Å². The van der Waals surface area contributed by atoms with E-state index in [4.69, 9.17) is 4.74 Å². The van der Waals surface area contributed by atoms with Crippen LogP contribution >= 0.6 is 11.8 Å². The molecule has 0 aliphatic carbocycles. The van der Waals surface area contributed by atoms with Gasteiger partial charge < -0.3 is 10.1 Å². The van der Waals surface area contributed by atoms with Crippen molar-refractivity contribution in [2.24, 2.45) is 0 Å². The molecule has 0 bridgehead atoms. The van der Waals surface area contributed by atoms with Crippen LogP contribution < -0.4 is 10.1 Å². The Morgan fingerprint density at radius 2 is 1.76 bits per heavy atom. The molecule has 1 aromatic heterocycles. The van der Waals surface area contributed by atoms with E-state index in [2.05, 4.69) is 48.4 Å². The van der Waals surface area contributed by atoms with E-state index >= 15 is 0 Å². The van der Waals surface area contributed by atoms with Gasteiger partial charge >= 0.3 is 0 Å². The van der Waals surface area contributed by atoms with Crippen LogP contribution in [-0.2, 0) is 11.3 Å². The number of carbonyl (C=O) groups excluding carboxylic acids is 1. The molecule has 1 N–H and O–H groups in total. The van der Waals surface area contributed by atoms with Crippen LogP contribution in [0.1, 0.15) is 22.3 Å². The molecular weight excluding hydrogens is 382 g/mol. The highest BCUT2D eigenvalue weighted by Gasteiger charge is 2.09. The standard InChI is InChI=1S/C23H25N3O2S/c1-15-11-17(3)19(12-16(15)2)20-9-10-23(26-25-20)29-14-22(27)24-13-18-7-5-6-8-21(18)28-4/h5-12H,13-14H2,1-4H3,(H,24,27). The summed E-state index contributed by atoms with van der Waals surface area (Å²) in [5.41, 5.74) is 6.56. The van der Waals surface area contributed by atoms with Gasteiger partial charge in [0.15, 0.2) is 0 Å². The number of thioether (sulfide) groups is 1. The first-order valence-corrected chi connectivity index (χ1v) is 10.4. The Kier molecular flexibility index (Phi) is 6.88. The number of ether oxygens (including phenoxy) is 1. The first-order chi connectivity index (χ1) is 14.0. The number of benzene rings is 2. The highest BCUT2D eigenvalue weighted by atomic mass is 32.2. The third kappa shape index (κ3) is 5.35. The minimum Gasteiger partial charge on any atom is -0.496 e. The Hall–Kier alpha value is -2.86. The normalized spacial score (nSPS) is 10.6. The molecule has 29 heavy (non-hydrogen) atoms. The number of carbonyl (C=O) groups is 1. The maximum Gasteiger partial charge on any atom is 0.230 e. The van der Waals surface area contributed by atoms with Crippen molar-refractivity contribution in [2.75, 3.05) is 12.9 Å². The zero-order valence-corrected chi connectivity index (χ0v) is 18.0. The first kappa shape index (κ1) is 20.9. The SMILES string of the molecule is COc1ccccc1CNC(=O)CSc1ccc(-c2cc(C)c(C)cc2C)nn1. The largest absolute Gasteiger partial charge is 0.496 e. The lowest BCUT2D eigenvalue weighted by Gasteiger charge is -2.10. The number of aryl methyl sites for hydroxylation is 3. The number of nitrogens with zero attached hydrogens (tertiary/aromatic N) is 2. The van der Waals surface area contributed by atoms with Gasteiger partial charge in [-0.25, -0.2) is 0 Å². The van der Waals surface area contributed by atoms with E-state index in [1.807, 2.05) is 36.4 Å². The van der Waals surface area contributed by atoms with Gasteiger partial charge in [0.2, 0.25) is 5.91 Å². The molecule has 0 saturated heterocycles. The smallest absolute Gasteiger partial charge is 0.230 e. The summed E-state index contributed by atoms with van der Waals surface area (Å²) in [6, 6.07) is 15.8. The molecule has 1 heterocycles. The molecule has 5 nitrogen and oxygen atoms in total. The molecule has 1 amide bonds. The van der Waals surface area contributed by atoms with E-state index in [0.29, 0.717) is 6.54 Å². The molecule has 3 rings (SSSR count). The molecule has 0 saturated carbocycles. The Balaban J connectivity index is 1.56. The molecule has 0 aliphatic heterocycles. The summed E-state index contributed by atoms with van der Waals surface area (Å²) in [5, 5.41) is 12.3. The third-order valence-electron chi connectivity index (χ3n) is 4.78. The van der Waals surface area contributed by atoms with Gasteiger partial charge in [-0.3, -0.25) is 4.79 Å². The monoisotopic (exact) mass is 407 g/mol. The van der Waals surface area contributed by atoms with Gasteiger partial charge in [-0.2, -0.15) is 0 Å². The van der Waals surface area contributed by atoms with E-state index in [9.17, 15) is 4.79 Å². The van der Waals surface area contributed by atoms with Crippen molar-refractivity contribution in [3.05, 3.63) is 70.8 Å². The van der Waals surface area contributed by atoms with Crippen molar-refractivity contribution in [1.29, 1.82) is 0 Å². The Bertz CT molecular complexity index is 1000. The lowest BCUT2D eigenvalue weighted by Crippen LogP contribution is -2.24. The van der Waals surface area contributed by atoms with Crippen LogP contribution in [0, 0.1) is 20.8 Å². The molecule has 0 unspecified atom stereocenters. The maximum atomic E-state index is 12.2. The molecular formula is C23H25N3O2S.